The van der Waals surface area contributed by atoms with E-state index >= 15 is 0 Å². The molecule has 0 unspecified atom stereocenters. The molecule has 0 saturated carbocycles. The molecule has 2 heterocycles. The summed E-state index contributed by atoms with van der Waals surface area (Å²) in [6.07, 6.45) is 3.91. The van der Waals surface area contributed by atoms with Gasteiger partial charge in [-0.15, -0.1) is 0 Å². The molecule has 2 rings (SSSR count). The summed E-state index contributed by atoms with van der Waals surface area (Å²) in [5.41, 5.74) is 6.91. The minimum atomic E-state index is -0.122. The summed E-state index contributed by atoms with van der Waals surface area (Å²) in [7, 11) is 3.69. The van der Waals surface area contributed by atoms with Crippen molar-refractivity contribution in [1.82, 2.24) is 14.5 Å². The predicted octanol–water partition coefficient (Wildman–Crippen LogP) is -0.349. The van der Waals surface area contributed by atoms with Crippen molar-refractivity contribution in [2.45, 2.75) is 18.5 Å². The number of aryl methyl sites for hydroxylation is 1. The first kappa shape index (κ1) is 9.21. The van der Waals surface area contributed by atoms with Crippen LogP contribution in [0.15, 0.2) is 12.5 Å². The molecule has 0 aromatic carbocycles. The lowest BCUT2D eigenvalue weighted by atomic mass is 10.1. The number of hydrogen-bond donors (Lipinski definition) is 1. The standard InChI is InChI=1S/C9H14N4O/c1-12-5-11-4-7(12)9-6(10)3-8(14)13(9)2/h4-6,9H,3,10H2,1-2H3/t6-,9-/m1/s1. The van der Waals surface area contributed by atoms with Crippen LogP contribution in [0, 0.1) is 0 Å². The molecule has 2 N–H and O–H groups in total. The third kappa shape index (κ3) is 1.21. The molecule has 1 aromatic rings. The molecular weight excluding hydrogens is 180 g/mol. The van der Waals surface area contributed by atoms with Crippen LogP contribution in [0.1, 0.15) is 18.2 Å². The molecule has 1 aliphatic rings. The van der Waals surface area contributed by atoms with Gasteiger partial charge in [-0.2, -0.15) is 0 Å². The van der Waals surface area contributed by atoms with E-state index in [9.17, 15) is 4.79 Å². The number of likely N-dealkylation sites (tertiary alicyclic amines) is 1. The third-order valence-corrected chi connectivity index (χ3v) is 2.78. The summed E-state index contributed by atoms with van der Waals surface area (Å²) in [6.45, 7) is 0. The van der Waals surface area contributed by atoms with E-state index in [0.717, 1.165) is 5.69 Å². The Hall–Kier alpha value is -1.36. The van der Waals surface area contributed by atoms with E-state index < -0.39 is 0 Å². The summed E-state index contributed by atoms with van der Waals surface area (Å²) in [5.74, 6) is 0.101. The molecule has 0 bridgehead atoms. The first-order valence-corrected chi connectivity index (χ1v) is 4.58. The Morgan fingerprint density at radius 2 is 2.29 bits per heavy atom. The highest BCUT2D eigenvalue weighted by atomic mass is 16.2. The fourth-order valence-corrected chi connectivity index (χ4v) is 1.97. The number of likely N-dealkylation sites (N-methyl/N-ethyl adjacent to an activating group) is 1. The van der Waals surface area contributed by atoms with E-state index in [2.05, 4.69) is 4.98 Å². The monoisotopic (exact) mass is 194 g/mol. The largest absolute Gasteiger partial charge is 0.336 e. The van der Waals surface area contributed by atoms with Crippen molar-refractivity contribution in [2.75, 3.05) is 7.05 Å². The van der Waals surface area contributed by atoms with Crippen LogP contribution in [0.4, 0.5) is 0 Å². The molecule has 14 heavy (non-hydrogen) atoms. The second-order valence-electron chi connectivity index (χ2n) is 3.75. The molecule has 2 atom stereocenters. The fraction of sp³-hybridized carbons (Fsp3) is 0.556. The molecule has 5 nitrogen and oxygen atoms in total. The highest BCUT2D eigenvalue weighted by molar-refractivity contribution is 5.79. The molecule has 76 valence electrons. The van der Waals surface area contributed by atoms with Crippen molar-refractivity contribution in [3.05, 3.63) is 18.2 Å². The van der Waals surface area contributed by atoms with Crippen molar-refractivity contribution < 1.29 is 4.79 Å². The van der Waals surface area contributed by atoms with Crippen LogP contribution < -0.4 is 5.73 Å². The van der Waals surface area contributed by atoms with Gasteiger partial charge >= 0.3 is 0 Å². The summed E-state index contributed by atoms with van der Waals surface area (Å²) >= 11 is 0. The zero-order valence-electron chi connectivity index (χ0n) is 8.34. The number of nitrogens with zero attached hydrogens (tertiary/aromatic N) is 3. The molecule has 1 amide bonds. The van der Waals surface area contributed by atoms with Gasteiger partial charge in [0.25, 0.3) is 0 Å². The SMILES string of the molecule is CN1C(=O)C[C@@H](N)[C@@H]1c1cncn1C. The molecule has 0 radical (unpaired) electrons. The van der Waals surface area contributed by atoms with E-state index in [4.69, 9.17) is 5.73 Å². The number of nitrogens with two attached hydrogens (primary N) is 1. The fourth-order valence-electron chi connectivity index (χ4n) is 1.97. The topological polar surface area (TPSA) is 64.2 Å². The number of hydrogen-bond acceptors (Lipinski definition) is 3. The van der Waals surface area contributed by atoms with Gasteiger partial charge in [-0.3, -0.25) is 4.79 Å². The lowest BCUT2D eigenvalue weighted by Gasteiger charge is -2.22. The van der Waals surface area contributed by atoms with Crippen LogP contribution in [0.5, 0.6) is 0 Å². The molecule has 0 spiro atoms. The van der Waals surface area contributed by atoms with Crippen molar-refractivity contribution in [3.63, 3.8) is 0 Å². The molecule has 5 heteroatoms. The van der Waals surface area contributed by atoms with Crippen LogP contribution >= 0.6 is 0 Å². The Morgan fingerprint density at radius 1 is 1.57 bits per heavy atom. The van der Waals surface area contributed by atoms with E-state index in [1.54, 1.807) is 24.5 Å². The Kier molecular flexibility index (Phi) is 2.03. The van der Waals surface area contributed by atoms with E-state index in [-0.39, 0.29) is 18.0 Å². The number of aromatic nitrogens is 2. The maximum absolute atomic E-state index is 11.4. The number of carbonyl (C=O) groups excluding carboxylic acids is 1. The summed E-state index contributed by atoms with van der Waals surface area (Å²) in [6, 6.07) is -0.155. The Morgan fingerprint density at radius 3 is 2.71 bits per heavy atom. The second kappa shape index (κ2) is 3.09. The highest BCUT2D eigenvalue weighted by Crippen LogP contribution is 2.29. The number of amides is 1. The van der Waals surface area contributed by atoms with Gasteiger partial charge in [-0.1, -0.05) is 0 Å². The molecular formula is C9H14N4O. The first-order valence-electron chi connectivity index (χ1n) is 4.58. The third-order valence-electron chi connectivity index (χ3n) is 2.78. The van der Waals surface area contributed by atoms with Gasteiger partial charge in [-0.25, -0.2) is 4.98 Å². The minimum Gasteiger partial charge on any atom is -0.336 e. The average molecular weight is 194 g/mol. The van der Waals surface area contributed by atoms with Crippen LogP contribution in [-0.2, 0) is 11.8 Å². The quantitative estimate of drug-likeness (QED) is 0.664. The van der Waals surface area contributed by atoms with Crippen molar-refractivity contribution >= 4 is 5.91 Å². The van der Waals surface area contributed by atoms with Crippen LogP contribution in [0.25, 0.3) is 0 Å². The van der Waals surface area contributed by atoms with Crippen molar-refractivity contribution in [3.8, 4) is 0 Å². The van der Waals surface area contributed by atoms with Crippen LogP contribution in [0.3, 0.4) is 0 Å². The maximum Gasteiger partial charge on any atom is 0.224 e. The van der Waals surface area contributed by atoms with Gasteiger partial charge < -0.3 is 15.2 Å². The van der Waals surface area contributed by atoms with Crippen molar-refractivity contribution in [2.24, 2.45) is 12.8 Å². The highest BCUT2D eigenvalue weighted by Gasteiger charge is 2.37. The lowest BCUT2D eigenvalue weighted by Crippen LogP contribution is -2.31. The van der Waals surface area contributed by atoms with E-state index in [1.807, 2.05) is 11.6 Å². The van der Waals surface area contributed by atoms with Gasteiger partial charge in [0.15, 0.2) is 0 Å². The van der Waals surface area contributed by atoms with Gasteiger partial charge in [-0.05, 0) is 0 Å². The molecule has 1 aromatic heterocycles. The van der Waals surface area contributed by atoms with Crippen LogP contribution in [0.2, 0.25) is 0 Å². The predicted molar refractivity (Wildman–Crippen MR) is 51.3 cm³/mol. The van der Waals surface area contributed by atoms with Gasteiger partial charge in [0.2, 0.25) is 5.91 Å². The number of carbonyl (C=O) groups is 1. The Bertz CT molecular complexity index is 359. The van der Waals surface area contributed by atoms with Gasteiger partial charge in [0.05, 0.1) is 24.3 Å². The molecule has 1 saturated heterocycles. The van der Waals surface area contributed by atoms with Crippen molar-refractivity contribution in [1.29, 1.82) is 0 Å². The average Bonchev–Trinajstić information content (AvgIpc) is 2.60. The van der Waals surface area contributed by atoms with Gasteiger partial charge in [0, 0.05) is 26.6 Å². The minimum absolute atomic E-state index is 0.0324. The molecule has 0 aliphatic carbocycles. The summed E-state index contributed by atoms with van der Waals surface area (Å²) < 4.78 is 1.90. The van der Waals surface area contributed by atoms with Gasteiger partial charge in [0.1, 0.15) is 0 Å². The molecule has 1 aliphatic heterocycles. The van der Waals surface area contributed by atoms with E-state index in [0.29, 0.717) is 6.42 Å². The smallest absolute Gasteiger partial charge is 0.224 e. The second-order valence-corrected chi connectivity index (χ2v) is 3.75. The summed E-state index contributed by atoms with van der Waals surface area (Å²) in [4.78, 5) is 17.1. The zero-order valence-corrected chi connectivity index (χ0v) is 8.34. The maximum atomic E-state index is 11.4. The molecule has 1 fully saturated rings. The van der Waals surface area contributed by atoms with E-state index in [1.165, 1.54) is 0 Å². The normalized spacial score (nSPS) is 27.4. The Labute approximate surface area is 82.5 Å². The van der Waals surface area contributed by atoms with Crippen LogP contribution in [-0.4, -0.2) is 33.4 Å². The lowest BCUT2D eigenvalue weighted by molar-refractivity contribution is -0.127. The zero-order chi connectivity index (χ0) is 10.3. The number of imidazole rings is 1. The number of rotatable bonds is 1. The Balaban J connectivity index is 2.35. The first-order chi connectivity index (χ1) is 6.61. The summed E-state index contributed by atoms with van der Waals surface area (Å²) in [5, 5.41) is 0.